The maximum Gasteiger partial charge on any atom is 0.416 e. The van der Waals surface area contributed by atoms with E-state index in [1.807, 2.05) is 23.1 Å². The van der Waals surface area contributed by atoms with E-state index in [1.165, 1.54) is 19.1 Å². The number of anilines is 3. The molecule has 5 nitrogen and oxygen atoms in total. The number of alkyl halides is 3. The summed E-state index contributed by atoms with van der Waals surface area (Å²) in [5, 5.41) is 6.17. The van der Waals surface area contributed by atoms with Crippen LogP contribution in [0.25, 0.3) is 11.1 Å². The summed E-state index contributed by atoms with van der Waals surface area (Å²) >= 11 is 6.00. The maximum atomic E-state index is 13.5. The van der Waals surface area contributed by atoms with Gasteiger partial charge in [-0.3, -0.25) is 4.79 Å². The summed E-state index contributed by atoms with van der Waals surface area (Å²) in [6, 6.07) is 12.8. The molecule has 2 aromatic carbocycles. The van der Waals surface area contributed by atoms with Crippen LogP contribution in [0.3, 0.4) is 0 Å². The number of fused-ring (bicyclic) bond motifs is 1. The molecule has 1 aromatic heterocycles. The summed E-state index contributed by atoms with van der Waals surface area (Å²) in [7, 11) is 0. The molecule has 1 aliphatic rings. The van der Waals surface area contributed by atoms with Gasteiger partial charge in [-0.15, -0.1) is 0 Å². The van der Waals surface area contributed by atoms with E-state index in [2.05, 4.69) is 15.6 Å². The first-order chi connectivity index (χ1) is 15.2. The van der Waals surface area contributed by atoms with E-state index >= 15 is 0 Å². The van der Waals surface area contributed by atoms with Crippen molar-refractivity contribution in [1.29, 1.82) is 0 Å². The number of nitrogens with one attached hydrogen (secondary N) is 2. The maximum absolute atomic E-state index is 13.5. The highest BCUT2D eigenvalue weighted by atomic mass is 35.5. The van der Waals surface area contributed by atoms with Gasteiger partial charge in [-0.05, 0) is 47.5 Å². The summed E-state index contributed by atoms with van der Waals surface area (Å²) in [4.78, 5) is 17.6. The highest BCUT2D eigenvalue weighted by Gasteiger charge is 2.34. The first-order valence-corrected chi connectivity index (χ1v) is 10.3. The number of hydrogen-bond donors (Lipinski definition) is 2. The zero-order valence-electron chi connectivity index (χ0n) is 17.1. The van der Waals surface area contributed by atoms with Gasteiger partial charge in [0.15, 0.2) is 0 Å². The minimum atomic E-state index is -4.47. The molecule has 32 heavy (non-hydrogen) atoms. The average Bonchev–Trinajstić information content (AvgIpc) is 2.73. The molecule has 0 spiro atoms. The number of carbonyl (C=O) groups excluding carboxylic acids is 1. The number of amides is 1. The van der Waals surface area contributed by atoms with Crippen LogP contribution < -0.4 is 15.5 Å². The van der Waals surface area contributed by atoms with Gasteiger partial charge in [0.2, 0.25) is 5.91 Å². The fourth-order valence-corrected chi connectivity index (χ4v) is 3.90. The second kappa shape index (κ2) is 8.70. The highest BCUT2D eigenvalue weighted by Crippen LogP contribution is 2.37. The number of nitrogens with zero attached hydrogens (tertiary/aromatic N) is 2. The Kier molecular flexibility index (Phi) is 5.97. The SMILES string of the molecule is CC(=O)Nc1ccc(-c2cnc3c(c2)N(Cc2cc(Cl)ccc2C(F)(F)F)CCN3)cc1. The Balaban J connectivity index is 1.66. The van der Waals surface area contributed by atoms with Crippen LogP contribution in [0, 0.1) is 0 Å². The molecule has 0 bridgehead atoms. The van der Waals surface area contributed by atoms with Crippen LogP contribution in [-0.2, 0) is 17.5 Å². The lowest BCUT2D eigenvalue weighted by molar-refractivity contribution is -0.138. The number of halogens is 4. The molecule has 0 aliphatic carbocycles. The number of aromatic nitrogens is 1. The third-order valence-electron chi connectivity index (χ3n) is 5.15. The first-order valence-electron chi connectivity index (χ1n) is 9.93. The molecular weight excluding hydrogens is 441 g/mol. The Morgan fingerprint density at radius 2 is 1.91 bits per heavy atom. The van der Waals surface area contributed by atoms with Gasteiger partial charge in [-0.25, -0.2) is 4.98 Å². The molecule has 0 saturated heterocycles. The summed E-state index contributed by atoms with van der Waals surface area (Å²) in [5.74, 6) is 0.458. The molecule has 1 amide bonds. The Labute approximate surface area is 188 Å². The number of pyridine rings is 1. The molecule has 1 aliphatic heterocycles. The third-order valence-corrected chi connectivity index (χ3v) is 5.39. The van der Waals surface area contributed by atoms with E-state index in [4.69, 9.17) is 11.6 Å². The zero-order valence-corrected chi connectivity index (χ0v) is 17.9. The van der Waals surface area contributed by atoms with E-state index in [0.29, 0.717) is 30.3 Å². The van der Waals surface area contributed by atoms with Crippen LogP contribution in [0.15, 0.2) is 54.7 Å². The molecule has 0 fully saturated rings. The number of benzene rings is 2. The quantitative estimate of drug-likeness (QED) is 0.515. The monoisotopic (exact) mass is 460 g/mol. The molecule has 9 heteroatoms. The topological polar surface area (TPSA) is 57.3 Å². The molecule has 4 rings (SSSR count). The molecule has 0 atom stereocenters. The summed E-state index contributed by atoms with van der Waals surface area (Å²) in [6.07, 6.45) is -2.75. The average molecular weight is 461 g/mol. The predicted molar refractivity (Wildman–Crippen MR) is 120 cm³/mol. The van der Waals surface area contributed by atoms with Crippen LogP contribution in [-0.4, -0.2) is 24.0 Å². The van der Waals surface area contributed by atoms with Gasteiger partial charge in [-0.1, -0.05) is 23.7 Å². The molecule has 0 unspecified atom stereocenters. The van der Waals surface area contributed by atoms with Crippen molar-refractivity contribution in [3.8, 4) is 11.1 Å². The van der Waals surface area contributed by atoms with Crippen molar-refractivity contribution in [1.82, 2.24) is 4.98 Å². The van der Waals surface area contributed by atoms with Crippen LogP contribution >= 0.6 is 11.6 Å². The normalized spacial score (nSPS) is 13.3. The van der Waals surface area contributed by atoms with Gasteiger partial charge in [0, 0.05) is 49.0 Å². The molecule has 2 N–H and O–H groups in total. The molecule has 166 valence electrons. The van der Waals surface area contributed by atoms with E-state index in [0.717, 1.165) is 17.2 Å². The van der Waals surface area contributed by atoms with Gasteiger partial charge in [-0.2, -0.15) is 13.2 Å². The molecular formula is C23H20ClF3N4O. The van der Waals surface area contributed by atoms with Crippen LogP contribution in [0.5, 0.6) is 0 Å². The fraction of sp³-hybridized carbons (Fsp3) is 0.217. The predicted octanol–water partition coefficient (Wildman–Crippen LogP) is 5.81. The van der Waals surface area contributed by atoms with E-state index < -0.39 is 11.7 Å². The summed E-state index contributed by atoms with van der Waals surface area (Å²) in [5.41, 5.74) is 2.50. The van der Waals surface area contributed by atoms with Crippen molar-refractivity contribution in [2.75, 3.05) is 28.6 Å². The van der Waals surface area contributed by atoms with Crippen molar-refractivity contribution in [3.05, 3.63) is 70.9 Å². The lowest BCUT2D eigenvalue weighted by atomic mass is 10.0. The lowest BCUT2D eigenvalue weighted by Gasteiger charge is -2.32. The third kappa shape index (κ3) is 4.80. The van der Waals surface area contributed by atoms with E-state index in [-0.39, 0.29) is 23.0 Å². The van der Waals surface area contributed by atoms with Gasteiger partial charge in [0.25, 0.3) is 0 Å². The zero-order chi connectivity index (χ0) is 22.9. The van der Waals surface area contributed by atoms with Crippen molar-refractivity contribution >= 4 is 34.7 Å². The van der Waals surface area contributed by atoms with Crippen molar-refractivity contribution in [2.45, 2.75) is 19.6 Å². The number of hydrogen-bond acceptors (Lipinski definition) is 4. The van der Waals surface area contributed by atoms with Crippen LogP contribution in [0.4, 0.5) is 30.4 Å². The number of carbonyl (C=O) groups is 1. The van der Waals surface area contributed by atoms with Gasteiger partial charge >= 0.3 is 6.18 Å². The van der Waals surface area contributed by atoms with Gasteiger partial charge < -0.3 is 15.5 Å². The largest absolute Gasteiger partial charge is 0.416 e. The Hall–Kier alpha value is -3.26. The van der Waals surface area contributed by atoms with Crippen molar-refractivity contribution in [3.63, 3.8) is 0 Å². The summed E-state index contributed by atoms with van der Waals surface area (Å²) < 4.78 is 40.5. The minimum Gasteiger partial charge on any atom is -0.367 e. The number of rotatable bonds is 4. The van der Waals surface area contributed by atoms with Crippen LogP contribution in [0.2, 0.25) is 5.02 Å². The van der Waals surface area contributed by atoms with Gasteiger partial charge in [0.05, 0.1) is 11.3 Å². The van der Waals surface area contributed by atoms with E-state index in [9.17, 15) is 18.0 Å². The molecule has 3 aromatic rings. The van der Waals surface area contributed by atoms with E-state index in [1.54, 1.807) is 18.3 Å². The summed E-state index contributed by atoms with van der Waals surface area (Å²) in [6.45, 7) is 2.57. The second-order valence-corrected chi connectivity index (χ2v) is 7.93. The Bertz CT molecular complexity index is 1150. The van der Waals surface area contributed by atoms with Crippen molar-refractivity contribution < 1.29 is 18.0 Å². The Morgan fingerprint density at radius 3 is 2.59 bits per heavy atom. The van der Waals surface area contributed by atoms with Gasteiger partial charge in [0.1, 0.15) is 5.82 Å². The first kappa shape index (κ1) is 22.0. The highest BCUT2D eigenvalue weighted by molar-refractivity contribution is 6.30. The smallest absolute Gasteiger partial charge is 0.367 e. The lowest BCUT2D eigenvalue weighted by Crippen LogP contribution is -2.34. The molecule has 2 heterocycles. The van der Waals surface area contributed by atoms with Crippen LogP contribution in [0.1, 0.15) is 18.1 Å². The minimum absolute atomic E-state index is 0.0523. The fourth-order valence-electron chi connectivity index (χ4n) is 3.71. The molecule has 0 saturated carbocycles. The van der Waals surface area contributed by atoms with Crippen molar-refractivity contribution in [2.24, 2.45) is 0 Å². The standard InChI is InChI=1S/C23H20ClF3N4O/c1-14(32)30-19-5-2-15(3-6-19)16-11-21-22(29-12-16)28-8-9-31(21)13-17-10-18(24)4-7-20(17)23(25,26)27/h2-7,10-12H,8-9,13H2,1H3,(H,28,29)(H,30,32). The molecule has 0 radical (unpaired) electrons. The second-order valence-electron chi connectivity index (χ2n) is 7.50. The Morgan fingerprint density at radius 1 is 1.16 bits per heavy atom.